The summed E-state index contributed by atoms with van der Waals surface area (Å²) in [5, 5.41) is 10.8. The van der Waals surface area contributed by atoms with Crippen molar-refractivity contribution in [2.75, 3.05) is 13.1 Å². The Morgan fingerprint density at radius 2 is 2.35 bits per heavy atom. The van der Waals surface area contributed by atoms with E-state index in [2.05, 4.69) is 15.6 Å². The van der Waals surface area contributed by atoms with Gasteiger partial charge in [0.1, 0.15) is 18.1 Å². The van der Waals surface area contributed by atoms with Crippen LogP contribution >= 0.6 is 0 Å². The largest absolute Gasteiger partial charge is 0.542 e. The highest BCUT2D eigenvalue weighted by Gasteiger charge is 2.51. The molecule has 3 heterocycles. The molecule has 3 N–H and O–H groups in total. The van der Waals surface area contributed by atoms with Crippen molar-refractivity contribution in [2.45, 2.75) is 18.2 Å². The molecule has 1 fully saturated rings. The summed E-state index contributed by atoms with van der Waals surface area (Å²) in [5.41, 5.74) is 4.10. The molecular weight excluding hydrogens is 318 g/mol. The lowest BCUT2D eigenvalue weighted by Gasteiger charge is -2.28. The fourth-order valence-corrected chi connectivity index (χ4v) is 2.62. The average molecular weight is 330 g/mol. The molecule has 2 bridgehead atoms. The van der Waals surface area contributed by atoms with E-state index in [9.17, 15) is 23.5 Å². The average Bonchev–Trinajstić information content (AvgIpc) is 3.12. The van der Waals surface area contributed by atoms with Crippen LogP contribution in [-0.2, 0) is 9.63 Å². The van der Waals surface area contributed by atoms with E-state index in [0.717, 1.165) is 6.39 Å². The number of amides is 2. The molecule has 0 radical (unpaired) electrons. The fraction of sp³-hybridized carbons (Fsp3) is 0.417. The minimum Gasteiger partial charge on any atom is -0.542 e. The van der Waals surface area contributed by atoms with Crippen molar-refractivity contribution in [3.8, 4) is 0 Å². The number of quaternary nitrogens is 1. The van der Waals surface area contributed by atoms with Gasteiger partial charge in [-0.1, -0.05) is 0 Å². The van der Waals surface area contributed by atoms with Crippen molar-refractivity contribution in [1.29, 1.82) is 0 Å². The van der Waals surface area contributed by atoms with Crippen molar-refractivity contribution >= 4 is 17.6 Å². The second kappa shape index (κ2) is 5.28. The van der Waals surface area contributed by atoms with E-state index in [1.165, 1.54) is 11.1 Å². The van der Waals surface area contributed by atoms with Crippen LogP contribution in [0.25, 0.3) is 5.57 Å². The van der Waals surface area contributed by atoms with Crippen LogP contribution in [0.3, 0.4) is 0 Å². The molecule has 9 nitrogen and oxygen atoms in total. The summed E-state index contributed by atoms with van der Waals surface area (Å²) in [4.78, 5) is 31.8. The number of oxazole rings is 1. The lowest BCUT2D eigenvalue weighted by atomic mass is 9.98. The van der Waals surface area contributed by atoms with Crippen LogP contribution in [0.5, 0.6) is 0 Å². The summed E-state index contributed by atoms with van der Waals surface area (Å²) in [6.07, 6.45) is -0.486. The second-order valence-corrected chi connectivity index (χ2v) is 5.02. The Bertz CT molecular complexity index is 662. The van der Waals surface area contributed by atoms with Crippen LogP contribution in [0, 0.1) is 0 Å². The van der Waals surface area contributed by atoms with E-state index in [0.29, 0.717) is 17.2 Å². The first-order valence-corrected chi connectivity index (χ1v) is 6.63. The van der Waals surface area contributed by atoms with Gasteiger partial charge in [0.15, 0.2) is 12.2 Å². The van der Waals surface area contributed by atoms with Crippen LogP contribution < -0.4 is 10.8 Å². The van der Waals surface area contributed by atoms with Gasteiger partial charge in [-0.15, -0.1) is 0 Å². The van der Waals surface area contributed by atoms with Gasteiger partial charge in [-0.2, -0.15) is 18.7 Å². The van der Waals surface area contributed by atoms with Gasteiger partial charge >= 0.3 is 12.1 Å². The summed E-state index contributed by atoms with van der Waals surface area (Å²) < 4.78 is 31.8. The first kappa shape index (κ1) is 15.4. The number of halogens is 2. The zero-order valence-corrected chi connectivity index (χ0v) is 11.6. The SMILES string of the molecule is [NH3+]C[C@H]1C=C(c2cnco2)[C@@H]2CN1C(=O)N2OC(F)(F)C(=O)[O-]. The van der Waals surface area contributed by atoms with E-state index in [4.69, 9.17) is 4.42 Å². The number of aromatic nitrogens is 1. The minimum absolute atomic E-state index is 0.0364. The number of carbonyl (C=O) groups excluding carboxylic acids is 2. The number of hydrogen-bond donors (Lipinski definition) is 1. The highest BCUT2D eigenvalue weighted by molar-refractivity contribution is 5.85. The maximum Gasteiger partial charge on any atom is 0.417 e. The Morgan fingerprint density at radius 1 is 1.61 bits per heavy atom. The van der Waals surface area contributed by atoms with Gasteiger partial charge in [-0.05, 0) is 6.08 Å². The molecule has 0 unspecified atom stereocenters. The second-order valence-electron chi connectivity index (χ2n) is 5.02. The highest BCUT2D eigenvalue weighted by atomic mass is 19.3. The van der Waals surface area contributed by atoms with Crippen LogP contribution in [0.2, 0.25) is 0 Å². The maximum absolute atomic E-state index is 13.3. The third kappa shape index (κ3) is 2.43. The van der Waals surface area contributed by atoms with E-state index >= 15 is 0 Å². The van der Waals surface area contributed by atoms with E-state index < -0.39 is 30.2 Å². The molecule has 3 rings (SSSR count). The van der Waals surface area contributed by atoms with Crippen LogP contribution in [0.15, 0.2) is 23.1 Å². The molecule has 124 valence electrons. The number of hydrogen-bond acceptors (Lipinski definition) is 6. The Labute approximate surface area is 127 Å². The van der Waals surface area contributed by atoms with Crippen molar-refractivity contribution in [2.24, 2.45) is 0 Å². The van der Waals surface area contributed by atoms with Gasteiger partial charge in [-0.25, -0.2) is 9.78 Å². The number of aliphatic carboxylic acids is 1. The first-order chi connectivity index (χ1) is 10.8. The van der Waals surface area contributed by atoms with E-state index in [-0.39, 0.29) is 12.3 Å². The number of urea groups is 1. The monoisotopic (exact) mass is 330 g/mol. The quantitative estimate of drug-likeness (QED) is 0.669. The molecule has 23 heavy (non-hydrogen) atoms. The molecule has 2 aliphatic rings. The third-order valence-corrected chi connectivity index (χ3v) is 3.68. The predicted molar refractivity (Wildman–Crippen MR) is 64.8 cm³/mol. The predicted octanol–water partition coefficient (Wildman–Crippen LogP) is -1.94. The molecule has 1 aromatic rings. The zero-order chi connectivity index (χ0) is 16.8. The Morgan fingerprint density at radius 3 is 2.91 bits per heavy atom. The lowest BCUT2D eigenvalue weighted by Crippen LogP contribution is -2.60. The molecular formula is C12H12F2N4O5. The molecule has 2 aliphatic heterocycles. The lowest BCUT2D eigenvalue weighted by molar-refractivity contribution is -0.392. The summed E-state index contributed by atoms with van der Waals surface area (Å²) in [5.74, 6) is -2.46. The molecule has 1 saturated heterocycles. The number of alkyl halides is 2. The Balaban J connectivity index is 1.96. The van der Waals surface area contributed by atoms with E-state index in [1.807, 2.05) is 0 Å². The molecule has 2 amide bonds. The molecule has 0 aliphatic carbocycles. The molecule has 0 saturated carbocycles. The third-order valence-electron chi connectivity index (χ3n) is 3.68. The minimum atomic E-state index is -4.64. The molecule has 0 spiro atoms. The van der Waals surface area contributed by atoms with Gasteiger partial charge in [0.25, 0.3) is 0 Å². The number of nitrogens with zero attached hydrogens (tertiary/aromatic N) is 3. The number of hydroxylamine groups is 2. The molecule has 0 aromatic carbocycles. The molecule has 2 atom stereocenters. The normalized spacial score (nSPS) is 24.1. The fourth-order valence-electron chi connectivity index (χ4n) is 2.62. The molecule has 11 heteroatoms. The van der Waals surface area contributed by atoms with E-state index in [1.54, 1.807) is 6.08 Å². The summed E-state index contributed by atoms with van der Waals surface area (Å²) in [6.45, 7) is 0.329. The number of carboxylic acids is 1. The number of carbonyl (C=O) groups is 2. The summed E-state index contributed by atoms with van der Waals surface area (Å²) in [7, 11) is 0. The van der Waals surface area contributed by atoms with Gasteiger partial charge in [-0.3, -0.25) is 0 Å². The zero-order valence-electron chi connectivity index (χ0n) is 11.6. The number of fused-ring (bicyclic) bond motifs is 2. The highest BCUT2D eigenvalue weighted by Crippen LogP contribution is 2.36. The Hall–Kier alpha value is -2.53. The Kier molecular flexibility index (Phi) is 3.53. The van der Waals surface area contributed by atoms with Crippen LogP contribution in [0.4, 0.5) is 13.6 Å². The van der Waals surface area contributed by atoms with Gasteiger partial charge in [0.2, 0.25) is 0 Å². The first-order valence-electron chi connectivity index (χ1n) is 6.63. The van der Waals surface area contributed by atoms with Gasteiger partial charge in [0.05, 0.1) is 19.3 Å². The van der Waals surface area contributed by atoms with Crippen molar-refractivity contribution in [1.82, 2.24) is 14.9 Å². The summed E-state index contributed by atoms with van der Waals surface area (Å²) in [6, 6.07) is -2.29. The van der Waals surface area contributed by atoms with Gasteiger partial charge < -0.3 is 25.0 Å². The topological polar surface area (TPSA) is 127 Å². The molecule has 1 aromatic heterocycles. The summed E-state index contributed by atoms with van der Waals surface area (Å²) >= 11 is 0. The van der Waals surface area contributed by atoms with Crippen molar-refractivity contribution < 1.29 is 38.5 Å². The number of carboxylic acid groups (broad SMARTS) is 1. The maximum atomic E-state index is 13.3. The van der Waals surface area contributed by atoms with Crippen LogP contribution in [0.1, 0.15) is 5.76 Å². The standard InChI is InChI=1S/C12H12F2N4O5/c13-12(14,10(19)20)23-18-8-4-17(11(18)21)6(2-15)1-7(8)9-3-16-5-22-9/h1,3,5-6,8H,2,4,15H2,(H,19,20)/t6-,8+/m1/s1. The van der Waals surface area contributed by atoms with Crippen LogP contribution in [-0.4, -0.2) is 58.2 Å². The van der Waals surface area contributed by atoms with Gasteiger partial charge in [0, 0.05) is 5.57 Å². The van der Waals surface area contributed by atoms with Crippen molar-refractivity contribution in [3.05, 3.63) is 24.4 Å². The smallest absolute Gasteiger partial charge is 0.417 e. The number of rotatable bonds is 5. The van der Waals surface area contributed by atoms with Crippen molar-refractivity contribution in [3.63, 3.8) is 0 Å².